The van der Waals surface area contributed by atoms with E-state index in [9.17, 15) is 4.79 Å². The third-order valence-electron chi connectivity index (χ3n) is 3.34. The van der Waals surface area contributed by atoms with Crippen LogP contribution in [0, 0.1) is 6.92 Å². The van der Waals surface area contributed by atoms with Crippen molar-refractivity contribution in [1.82, 2.24) is 4.90 Å². The van der Waals surface area contributed by atoms with E-state index in [1.54, 1.807) is 0 Å². The Bertz CT molecular complexity index is 415. The van der Waals surface area contributed by atoms with Crippen LogP contribution >= 0.6 is 11.6 Å². The molecule has 1 aliphatic carbocycles. The summed E-state index contributed by atoms with van der Waals surface area (Å²) >= 11 is 5.76. The molecule has 0 aliphatic heterocycles. The lowest BCUT2D eigenvalue weighted by atomic mass is 10.1. The quantitative estimate of drug-likeness (QED) is 0.724. The maximum Gasteiger partial charge on any atom is 0.223 e. The van der Waals surface area contributed by atoms with E-state index < -0.39 is 0 Å². The van der Waals surface area contributed by atoms with Crippen LogP contribution in [-0.4, -0.2) is 29.3 Å². The normalized spacial score (nSPS) is 14.6. The molecule has 18 heavy (non-hydrogen) atoms. The van der Waals surface area contributed by atoms with Crippen LogP contribution in [0.1, 0.15) is 30.4 Å². The van der Waals surface area contributed by atoms with Crippen LogP contribution in [0.25, 0.3) is 0 Å². The summed E-state index contributed by atoms with van der Waals surface area (Å²) in [6.45, 7) is 2.77. The Morgan fingerprint density at radius 3 is 2.83 bits per heavy atom. The number of rotatable bonds is 6. The SMILES string of the molecule is Cc1cccc(CCC(=O)N(CCCl)C2CC2)c1. The summed E-state index contributed by atoms with van der Waals surface area (Å²) in [6, 6.07) is 8.83. The van der Waals surface area contributed by atoms with E-state index in [1.807, 2.05) is 11.0 Å². The molecule has 1 aromatic rings. The largest absolute Gasteiger partial charge is 0.339 e. The van der Waals surface area contributed by atoms with Gasteiger partial charge >= 0.3 is 0 Å². The van der Waals surface area contributed by atoms with Crippen LogP contribution in [0.3, 0.4) is 0 Å². The molecule has 0 spiro atoms. The molecular weight excluding hydrogens is 246 g/mol. The van der Waals surface area contributed by atoms with Crippen molar-refractivity contribution >= 4 is 17.5 Å². The summed E-state index contributed by atoms with van der Waals surface area (Å²) in [5.74, 6) is 0.784. The highest BCUT2D eigenvalue weighted by atomic mass is 35.5. The average Bonchev–Trinajstić information content (AvgIpc) is 3.17. The number of aryl methyl sites for hydroxylation is 2. The van der Waals surface area contributed by atoms with Gasteiger partial charge in [-0.25, -0.2) is 0 Å². The molecule has 2 rings (SSSR count). The zero-order chi connectivity index (χ0) is 13.0. The van der Waals surface area contributed by atoms with E-state index in [0.29, 0.717) is 24.9 Å². The van der Waals surface area contributed by atoms with E-state index >= 15 is 0 Å². The molecule has 3 heteroatoms. The molecule has 1 fully saturated rings. The Morgan fingerprint density at radius 1 is 1.44 bits per heavy atom. The summed E-state index contributed by atoms with van der Waals surface area (Å²) < 4.78 is 0. The number of carbonyl (C=O) groups excluding carboxylic acids is 1. The lowest BCUT2D eigenvalue weighted by Gasteiger charge is -2.21. The van der Waals surface area contributed by atoms with E-state index in [-0.39, 0.29) is 5.91 Å². The molecule has 0 saturated heterocycles. The zero-order valence-electron chi connectivity index (χ0n) is 10.9. The smallest absolute Gasteiger partial charge is 0.223 e. The van der Waals surface area contributed by atoms with Gasteiger partial charge in [-0.3, -0.25) is 4.79 Å². The van der Waals surface area contributed by atoms with E-state index in [1.165, 1.54) is 11.1 Å². The molecule has 1 aliphatic rings. The second-order valence-corrected chi connectivity index (χ2v) is 5.37. The van der Waals surface area contributed by atoms with Gasteiger partial charge in [0.15, 0.2) is 0 Å². The third kappa shape index (κ3) is 3.74. The van der Waals surface area contributed by atoms with E-state index in [0.717, 1.165) is 19.3 Å². The topological polar surface area (TPSA) is 20.3 Å². The maximum absolute atomic E-state index is 12.1. The van der Waals surface area contributed by atoms with Crippen molar-refractivity contribution < 1.29 is 4.79 Å². The predicted molar refractivity (Wildman–Crippen MR) is 75.0 cm³/mol. The summed E-state index contributed by atoms with van der Waals surface area (Å²) in [5, 5.41) is 0. The molecule has 0 N–H and O–H groups in total. The predicted octanol–water partition coefficient (Wildman–Crippen LogP) is 3.16. The van der Waals surface area contributed by atoms with Gasteiger partial charge in [-0.2, -0.15) is 0 Å². The molecule has 1 aromatic carbocycles. The van der Waals surface area contributed by atoms with Gasteiger partial charge in [0.1, 0.15) is 0 Å². The third-order valence-corrected chi connectivity index (χ3v) is 3.51. The molecule has 0 heterocycles. The highest BCUT2D eigenvalue weighted by molar-refractivity contribution is 6.18. The first-order chi connectivity index (χ1) is 8.70. The first kappa shape index (κ1) is 13.4. The Labute approximate surface area is 114 Å². The minimum absolute atomic E-state index is 0.250. The molecule has 1 saturated carbocycles. The van der Waals surface area contributed by atoms with E-state index in [4.69, 9.17) is 11.6 Å². The number of alkyl halides is 1. The van der Waals surface area contributed by atoms with Crippen LogP contribution in [-0.2, 0) is 11.2 Å². The molecule has 0 radical (unpaired) electrons. The molecular formula is C15H20ClNO. The van der Waals surface area contributed by atoms with Crippen LogP contribution in [0.4, 0.5) is 0 Å². The fourth-order valence-electron chi connectivity index (χ4n) is 2.25. The van der Waals surface area contributed by atoms with Crippen molar-refractivity contribution in [2.75, 3.05) is 12.4 Å². The highest BCUT2D eigenvalue weighted by Crippen LogP contribution is 2.27. The number of hydrogen-bond donors (Lipinski definition) is 0. The monoisotopic (exact) mass is 265 g/mol. The fourth-order valence-corrected chi connectivity index (χ4v) is 2.43. The summed E-state index contributed by atoms with van der Waals surface area (Å²) in [7, 11) is 0. The second kappa shape index (κ2) is 6.24. The van der Waals surface area contributed by atoms with Crippen molar-refractivity contribution in [2.45, 2.75) is 38.6 Å². The second-order valence-electron chi connectivity index (χ2n) is 5.00. The van der Waals surface area contributed by atoms with Crippen molar-refractivity contribution in [2.24, 2.45) is 0 Å². The molecule has 98 valence electrons. The Hall–Kier alpha value is -1.02. The summed E-state index contributed by atoms with van der Waals surface area (Å²) in [5.41, 5.74) is 2.49. The number of carbonyl (C=O) groups is 1. The van der Waals surface area contributed by atoms with Gasteiger partial charge in [-0.05, 0) is 31.7 Å². The number of benzene rings is 1. The summed E-state index contributed by atoms with van der Waals surface area (Å²) in [4.78, 5) is 14.1. The molecule has 0 atom stereocenters. The molecule has 0 unspecified atom stereocenters. The molecule has 2 nitrogen and oxygen atoms in total. The summed E-state index contributed by atoms with van der Waals surface area (Å²) in [6.07, 6.45) is 3.71. The Balaban J connectivity index is 1.86. The van der Waals surface area contributed by atoms with Crippen molar-refractivity contribution in [3.05, 3.63) is 35.4 Å². The standard InChI is InChI=1S/C15H20ClNO/c1-12-3-2-4-13(11-12)5-8-15(18)17(10-9-16)14-6-7-14/h2-4,11,14H,5-10H2,1H3. The first-order valence-corrected chi connectivity index (χ1v) is 7.15. The first-order valence-electron chi connectivity index (χ1n) is 6.61. The maximum atomic E-state index is 12.1. The van der Waals surface area contributed by atoms with E-state index in [2.05, 4.69) is 25.1 Å². The zero-order valence-corrected chi connectivity index (χ0v) is 11.6. The van der Waals surface area contributed by atoms with Crippen LogP contribution in [0.5, 0.6) is 0 Å². The lowest BCUT2D eigenvalue weighted by molar-refractivity contribution is -0.131. The number of nitrogens with zero attached hydrogens (tertiary/aromatic N) is 1. The molecule has 0 aromatic heterocycles. The number of amides is 1. The molecule has 0 bridgehead atoms. The van der Waals surface area contributed by atoms with Gasteiger partial charge in [0.25, 0.3) is 0 Å². The Morgan fingerprint density at radius 2 is 2.22 bits per heavy atom. The van der Waals surface area contributed by atoms with Crippen LogP contribution in [0.15, 0.2) is 24.3 Å². The van der Waals surface area contributed by atoms with Gasteiger partial charge in [-0.1, -0.05) is 29.8 Å². The number of halogens is 1. The average molecular weight is 266 g/mol. The lowest BCUT2D eigenvalue weighted by Crippen LogP contribution is -2.34. The van der Waals surface area contributed by atoms with Crippen LogP contribution in [0.2, 0.25) is 0 Å². The molecule has 1 amide bonds. The van der Waals surface area contributed by atoms with Crippen LogP contribution < -0.4 is 0 Å². The van der Waals surface area contributed by atoms with Crippen molar-refractivity contribution in [1.29, 1.82) is 0 Å². The highest BCUT2D eigenvalue weighted by Gasteiger charge is 2.31. The minimum atomic E-state index is 0.250. The Kier molecular flexibility index (Phi) is 4.65. The van der Waals surface area contributed by atoms with Gasteiger partial charge in [-0.15, -0.1) is 11.6 Å². The number of hydrogen-bond acceptors (Lipinski definition) is 1. The van der Waals surface area contributed by atoms with Gasteiger partial charge in [0, 0.05) is 24.9 Å². The van der Waals surface area contributed by atoms with Gasteiger partial charge < -0.3 is 4.90 Å². The van der Waals surface area contributed by atoms with Crippen molar-refractivity contribution in [3.8, 4) is 0 Å². The van der Waals surface area contributed by atoms with Gasteiger partial charge in [0.05, 0.1) is 0 Å². The fraction of sp³-hybridized carbons (Fsp3) is 0.533. The van der Waals surface area contributed by atoms with Crippen molar-refractivity contribution in [3.63, 3.8) is 0 Å². The van der Waals surface area contributed by atoms with Gasteiger partial charge in [0.2, 0.25) is 5.91 Å². The minimum Gasteiger partial charge on any atom is -0.339 e.